The van der Waals surface area contributed by atoms with E-state index in [0.29, 0.717) is 22.2 Å². The summed E-state index contributed by atoms with van der Waals surface area (Å²) in [7, 11) is 0. The van der Waals surface area contributed by atoms with E-state index >= 15 is 0 Å². The maximum absolute atomic E-state index is 12.4. The summed E-state index contributed by atoms with van der Waals surface area (Å²) in [5.74, 6) is -1.78. The fourth-order valence-corrected chi connectivity index (χ4v) is 4.77. The molecule has 150 valence electrons. The molecule has 10 nitrogen and oxygen atoms in total. The Labute approximate surface area is 178 Å². The first-order valence-corrected chi connectivity index (χ1v) is 9.61. The van der Waals surface area contributed by atoms with Gasteiger partial charge in [-0.3, -0.25) is 14.5 Å². The average molecular weight is 489 g/mol. The molecule has 1 fully saturated rings. The minimum atomic E-state index is -1.19. The van der Waals surface area contributed by atoms with Gasteiger partial charge in [0.2, 0.25) is 11.0 Å². The Morgan fingerprint density at radius 3 is 2.82 bits per heavy atom. The number of rotatable bonds is 6. The number of aliphatic imine (C=N–C) groups is 1. The Morgan fingerprint density at radius 1 is 1.50 bits per heavy atom. The van der Waals surface area contributed by atoms with Crippen LogP contribution in [0, 0.1) is 0 Å². The van der Waals surface area contributed by atoms with Crippen LogP contribution in [0.4, 0.5) is 5.13 Å². The third kappa shape index (κ3) is 4.20. The van der Waals surface area contributed by atoms with Gasteiger partial charge >= 0.3 is 5.97 Å². The number of aromatic nitrogens is 1. The molecule has 1 saturated heterocycles. The molecular formula is C15H17BrN6O4S2. The number of halogens is 1. The van der Waals surface area contributed by atoms with Gasteiger partial charge in [0.1, 0.15) is 17.1 Å². The number of guanidine groups is 1. The quantitative estimate of drug-likeness (QED) is 0.248. The van der Waals surface area contributed by atoms with Gasteiger partial charge in [0, 0.05) is 11.1 Å². The number of nitrogens with two attached hydrogens (primary N) is 2. The van der Waals surface area contributed by atoms with Crippen molar-refractivity contribution >= 4 is 69.0 Å². The molecule has 0 saturated carbocycles. The van der Waals surface area contributed by atoms with Crippen molar-refractivity contribution in [3.63, 3.8) is 0 Å². The number of hydrogen-bond donors (Lipinski definition) is 4. The third-order valence-electron chi connectivity index (χ3n) is 3.87. The number of nitrogens with zero attached hydrogens (tertiary/aromatic N) is 3. The van der Waals surface area contributed by atoms with Crippen LogP contribution in [-0.2, 0) is 20.8 Å². The van der Waals surface area contributed by atoms with Crippen LogP contribution in [0.2, 0.25) is 0 Å². The molecule has 1 aromatic rings. The lowest BCUT2D eigenvalue weighted by atomic mass is 10.0. The fraction of sp³-hybridized carbons (Fsp3) is 0.267. The monoisotopic (exact) mass is 488 g/mol. The highest BCUT2D eigenvalue weighted by Gasteiger charge is 2.53. The number of β-lactam (4-membered cyclic amide) rings is 1. The molecule has 3 rings (SSSR count). The second-order valence-electron chi connectivity index (χ2n) is 5.67. The highest BCUT2D eigenvalue weighted by Crippen LogP contribution is 2.40. The normalized spacial score (nSPS) is 20.4. The van der Waals surface area contributed by atoms with Crippen molar-refractivity contribution in [1.29, 1.82) is 0 Å². The lowest BCUT2D eigenvalue weighted by Gasteiger charge is -2.49. The zero-order valence-electron chi connectivity index (χ0n) is 14.3. The lowest BCUT2D eigenvalue weighted by Crippen LogP contribution is -2.70. The van der Waals surface area contributed by atoms with E-state index in [9.17, 15) is 19.5 Å². The maximum atomic E-state index is 12.4. The van der Waals surface area contributed by atoms with Crippen molar-refractivity contribution in [2.24, 2.45) is 16.5 Å². The summed E-state index contributed by atoms with van der Waals surface area (Å²) >= 11 is 2.56. The molecule has 0 aliphatic carbocycles. The molecule has 2 amide bonds. The summed E-state index contributed by atoms with van der Waals surface area (Å²) < 4.78 is 0. The van der Waals surface area contributed by atoms with E-state index < -0.39 is 29.2 Å². The van der Waals surface area contributed by atoms with Crippen molar-refractivity contribution in [2.45, 2.75) is 17.8 Å². The Morgan fingerprint density at radius 2 is 2.21 bits per heavy atom. The number of carboxylic acid groups (broad SMARTS) is 1. The first kappa shape index (κ1) is 21.9. The predicted octanol–water partition coefficient (Wildman–Crippen LogP) is 0.0930. The van der Waals surface area contributed by atoms with Gasteiger partial charge in [-0.1, -0.05) is 12.7 Å². The molecule has 0 aromatic carbocycles. The van der Waals surface area contributed by atoms with Crippen LogP contribution in [0.15, 0.2) is 34.3 Å². The molecule has 0 spiro atoms. The number of carboxylic acids is 1. The SMILES string of the molecule is Br.C=CC1=C(C(=O)O)N2C(=O)C(NC(=O)Cc3csc(N=C(N)N)n3)[C@H]2SC1. The van der Waals surface area contributed by atoms with E-state index in [-0.39, 0.29) is 35.1 Å². The molecule has 0 radical (unpaired) electrons. The zero-order valence-corrected chi connectivity index (χ0v) is 17.7. The Hall–Kier alpha value is -2.38. The van der Waals surface area contributed by atoms with Gasteiger partial charge in [0.15, 0.2) is 5.96 Å². The van der Waals surface area contributed by atoms with Gasteiger partial charge in [-0.15, -0.1) is 40.1 Å². The van der Waals surface area contributed by atoms with Crippen LogP contribution in [0.5, 0.6) is 0 Å². The van der Waals surface area contributed by atoms with Crippen LogP contribution in [-0.4, -0.2) is 55.9 Å². The van der Waals surface area contributed by atoms with E-state index in [0.717, 1.165) is 0 Å². The summed E-state index contributed by atoms with van der Waals surface area (Å²) in [5.41, 5.74) is 11.4. The van der Waals surface area contributed by atoms with Crippen LogP contribution in [0.25, 0.3) is 0 Å². The Kier molecular flexibility index (Phi) is 6.85. The topological polar surface area (TPSA) is 164 Å². The Bertz CT molecular complexity index is 895. The van der Waals surface area contributed by atoms with Gasteiger partial charge < -0.3 is 21.9 Å². The minimum absolute atomic E-state index is 0. The third-order valence-corrected chi connectivity index (χ3v) is 5.95. The summed E-state index contributed by atoms with van der Waals surface area (Å²) in [5, 5.41) is 13.5. The number of aliphatic carboxylic acids is 1. The highest BCUT2D eigenvalue weighted by atomic mass is 79.9. The highest BCUT2D eigenvalue weighted by molar-refractivity contribution is 8.93. The van der Waals surface area contributed by atoms with Crippen LogP contribution >= 0.6 is 40.1 Å². The van der Waals surface area contributed by atoms with E-state index in [2.05, 4.69) is 21.9 Å². The molecule has 13 heteroatoms. The second kappa shape index (κ2) is 8.75. The van der Waals surface area contributed by atoms with Crippen molar-refractivity contribution < 1.29 is 19.5 Å². The van der Waals surface area contributed by atoms with E-state index in [4.69, 9.17) is 11.5 Å². The van der Waals surface area contributed by atoms with Crippen molar-refractivity contribution in [2.75, 3.05) is 5.75 Å². The summed E-state index contributed by atoms with van der Waals surface area (Å²) in [6.45, 7) is 3.59. The van der Waals surface area contributed by atoms with Gasteiger partial charge in [-0.05, 0) is 5.57 Å². The number of carbonyl (C=O) groups is 3. The lowest BCUT2D eigenvalue weighted by molar-refractivity contribution is -0.150. The molecule has 2 aliphatic heterocycles. The smallest absolute Gasteiger partial charge is 0.352 e. The fourth-order valence-electron chi connectivity index (χ4n) is 2.73. The standard InChI is InChI=1S/C15H16N6O4S2.BrH/c1-2-6-4-26-12-9(11(23)21(12)10(6)13(24)25)19-8(22)3-7-5-27-15(18-7)20-14(16)17;/h2,5,9,12H,1,3-4H2,(H,19,22)(H,24,25)(H4,16,17,18,20);1H/t9?,12-;/m1./s1. The van der Waals surface area contributed by atoms with Crippen molar-refractivity contribution in [3.05, 3.63) is 35.0 Å². The summed E-state index contributed by atoms with van der Waals surface area (Å²) in [6.07, 6.45) is 1.39. The summed E-state index contributed by atoms with van der Waals surface area (Å²) in [4.78, 5) is 45.2. The van der Waals surface area contributed by atoms with E-state index in [1.54, 1.807) is 5.38 Å². The molecule has 28 heavy (non-hydrogen) atoms. The Balaban J connectivity index is 0.00000280. The largest absolute Gasteiger partial charge is 0.477 e. The molecule has 6 N–H and O–H groups in total. The number of thioether (sulfide) groups is 1. The number of fused-ring (bicyclic) bond motifs is 1. The number of amides is 2. The first-order chi connectivity index (χ1) is 12.8. The first-order valence-electron chi connectivity index (χ1n) is 7.68. The molecule has 2 aliphatic rings. The van der Waals surface area contributed by atoms with Crippen LogP contribution < -0.4 is 16.8 Å². The number of allylic oxidation sites excluding steroid dienone is 1. The van der Waals surface area contributed by atoms with Gasteiger partial charge in [-0.25, -0.2) is 9.78 Å². The number of thiazole rings is 1. The number of carbonyl (C=O) groups excluding carboxylic acids is 2. The van der Waals surface area contributed by atoms with Gasteiger partial charge in [-0.2, -0.15) is 4.99 Å². The molecular weight excluding hydrogens is 472 g/mol. The number of hydrogen-bond acceptors (Lipinski definition) is 7. The number of nitrogens with one attached hydrogen (secondary N) is 1. The van der Waals surface area contributed by atoms with E-state index in [1.807, 2.05) is 0 Å². The zero-order chi connectivity index (χ0) is 19.7. The maximum Gasteiger partial charge on any atom is 0.352 e. The van der Waals surface area contributed by atoms with Gasteiger partial charge in [0.05, 0.1) is 12.1 Å². The summed E-state index contributed by atoms with van der Waals surface area (Å²) in [6, 6.07) is -0.779. The van der Waals surface area contributed by atoms with Gasteiger partial charge in [0.25, 0.3) is 5.91 Å². The minimum Gasteiger partial charge on any atom is -0.477 e. The van der Waals surface area contributed by atoms with Crippen molar-refractivity contribution in [3.8, 4) is 0 Å². The molecule has 2 atom stereocenters. The average Bonchev–Trinajstić information content (AvgIpc) is 3.03. The second-order valence-corrected chi connectivity index (χ2v) is 7.61. The van der Waals surface area contributed by atoms with Crippen molar-refractivity contribution in [1.82, 2.24) is 15.2 Å². The molecule has 1 aromatic heterocycles. The van der Waals surface area contributed by atoms with Crippen LogP contribution in [0.1, 0.15) is 5.69 Å². The van der Waals surface area contributed by atoms with E-state index in [1.165, 1.54) is 34.1 Å². The predicted molar refractivity (Wildman–Crippen MR) is 111 cm³/mol. The molecule has 3 heterocycles. The molecule has 1 unspecified atom stereocenters. The molecule has 0 bridgehead atoms. The van der Waals surface area contributed by atoms with Crippen LogP contribution in [0.3, 0.4) is 0 Å².